The molecule has 1 aliphatic heterocycles. The molecular weight excluding hydrogens is 318 g/mol. The number of ether oxygens (including phenoxy) is 2. The van der Waals surface area contributed by atoms with Gasteiger partial charge in [-0.2, -0.15) is 0 Å². The molecule has 2 rings (SSSR count). The second kappa shape index (κ2) is 5.34. The molecule has 0 bridgehead atoms. The van der Waals surface area contributed by atoms with Crippen molar-refractivity contribution in [1.29, 1.82) is 0 Å². The minimum atomic E-state index is -0.657. The van der Waals surface area contributed by atoms with Gasteiger partial charge in [0.2, 0.25) is 5.43 Å². The predicted molar refractivity (Wildman–Crippen MR) is 71.0 cm³/mol. The van der Waals surface area contributed by atoms with Crippen LogP contribution in [0.4, 0.5) is 0 Å². The average Bonchev–Trinajstić information content (AvgIpc) is 2.72. The maximum atomic E-state index is 12.0. The molecule has 0 saturated heterocycles. The maximum Gasteiger partial charge on any atom is 0.358 e. The molecule has 0 aliphatic carbocycles. The van der Waals surface area contributed by atoms with Gasteiger partial charge < -0.3 is 19.1 Å². The van der Waals surface area contributed by atoms with Crippen molar-refractivity contribution in [2.75, 3.05) is 20.8 Å². The van der Waals surface area contributed by atoms with Gasteiger partial charge in [-0.1, -0.05) is 15.9 Å². The third-order valence-corrected chi connectivity index (χ3v) is 4.04. The Morgan fingerprint density at radius 3 is 2.79 bits per heavy atom. The smallest absolute Gasteiger partial charge is 0.358 e. The monoisotopic (exact) mass is 331 g/mol. The van der Waals surface area contributed by atoms with Crippen LogP contribution >= 0.6 is 15.9 Å². The average molecular weight is 332 g/mol. The number of carbonyl (C=O) groups is 1. The van der Waals surface area contributed by atoms with Crippen LogP contribution in [0.3, 0.4) is 0 Å². The van der Waals surface area contributed by atoms with E-state index < -0.39 is 5.97 Å². The van der Waals surface area contributed by atoms with Crippen molar-refractivity contribution in [3.63, 3.8) is 0 Å². The molecule has 0 saturated carbocycles. The highest BCUT2D eigenvalue weighted by atomic mass is 79.9. The molecule has 2 atom stereocenters. The van der Waals surface area contributed by atoms with Crippen molar-refractivity contribution >= 4 is 21.9 Å². The highest BCUT2D eigenvalue weighted by Crippen LogP contribution is 2.41. The van der Waals surface area contributed by atoms with Crippen molar-refractivity contribution in [2.24, 2.45) is 0 Å². The van der Waals surface area contributed by atoms with E-state index >= 15 is 0 Å². The summed E-state index contributed by atoms with van der Waals surface area (Å²) in [6.07, 6.45) is 0.590. The number of aliphatic hydroxyl groups is 1. The van der Waals surface area contributed by atoms with Crippen molar-refractivity contribution in [3.05, 3.63) is 27.7 Å². The molecule has 1 unspecified atom stereocenters. The van der Waals surface area contributed by atoms with Crippen molar-refractivity contribution in [1.82, 2.24) is 4.57 Å². The lowest BCUT2D eigenvalue weighted by molar-refractivity contribution is 0.0578. The van der Waals surface area contributed by atoms with E-state index in [4.69, 9.17) is 9.47 Å². The number of methoxy groups -OCH3 is 2. The molecule has 0 radical (unpaired) electrons. The molecule has 1 aromatic heterocycles. The molecule has 0 spiro atoms. The summed E-state index contributed by atoms with van der Waals surface area (Å²) in [7, 11) is 2.56. The number of pyridine rings is 1. The topological polar surface area (TPSA) is 77.8 Å². The first-order chi connectivity index (χ1) is 9.04. The minimum Gasteiger partial charge on any atom is -0.491 e. The number of halogens is 1. The molecule has 104 valence electrons. The molecule has 0 fully saturated rings. The Balaban J connectivity index is 2.78. The predicted octanol–water partition coefficient (Wildman–Crippen LogP) is 1.02. The molecule has 19 heavy (non-hydrogen) atoms. The molecule has 1 N–H and O–H groups in total. The van der Waals surface area contributed by atoms with E-state index in [2.05, 4.69) is 15.9 Å². The summed E-state index contributed by atoms with van der Waals surface area (Å²) in [5, 5.41) is 9.43. The van der Waals surface area contributed by atoms with Gasteiger partial charge in [0, 0.05) is 11.8 Å². The standard InChI is InChI=1S/C12H14BrNO5/c1-18-11-9(16)4-8-7(13)3-6(5-15)14(8)10(11)12(17)19-2/h4,6-7,15H,3,5H2,1-2H3/t6-,7?/m0/s1. The lowest BCUT2D eigenvalue weighted by Crippen LogP contribution is -2.24. The molecular formula is C12H14BrNO5. The van der Waals surface area contributed by atoms with E-state index in [0.717, 1.165) is 0 Å². The minimum absolute atomic E-state index is 0.0495. The lowest BCUT2D eigenvalue weighted by Gasteiger charge is -2.18. The van der Waals surface area contributed by atoms with Gasteiger partial charge in [0.1, 0.15) is 0 Å². The highest BCUT2D eigenvalue weighted by Gasteiger charge is 2.35. The molecule has 0 amide bonds. The van der Waals surface area contributed by atoms with Crippen molar-refractivity contribution < 1.29 is 19.4 Å². The highest BCUT2D eigenvalue weighted by molar-refractivity contribution is 9.09. The number of aliphatic hydroxyl groups excluding tert-OH is 1. The summed E-state index contributed by atoms with van der Waals surface area (Å²) in [4.78, 5) is 23.8. The summed E-state index contributed by atoms with van der Waals surface area (Å²) in [5.74, 6) is -0.716. The number of rotatable bonds is 3. The van der Waals surface area contributed by atoms with Crippen LogP contribution in [0.5, 0.6) is 5.75 Å². The number of esters is 1. The van der Waals surface area contributed by atoms with E-state index in [1.165, 1.54) is 20.3 Å². The van der Waals surface area contributed by atoms with Crippen LogP contribution in [0.2, 0.25) is 0 Å². The number of nitrogens with zero attached hydrogens (tertiary/aromatic N) is 1. The Hall–Kier alpha value is -1.34. The van der Waals surface area contributed by atoms with Gasteiger partial charge in [-0.15, -0.1) is 0 Å². The van der Waals surface area contributed by atoms with Crippen LogP contribution in [0, 0.1) is 0 Å². The first-order valence-electron chi connectivity index (χ1n) is 5.71. The van der Waals surface area contributed by atoms with E-state index in [-0.39, 0.29) is 34.3 Å². The van der Waals surface area contributed by atoms with Crippen LogP contribution in [-0.2, 0) is 4.74 Å². The van der Waals surface area contributed by atoms with Crippen molar-refractivity contribution in [3.8, 4) is 5.75 Å². The fourth-order valence-corrected chi connectivity index (χ4v) is 3.15. The second-order valence-electron chi connectivity index (χ2n) is 4.22. The van der Waals surface area contributed by atoms with Gasteiger partial charge in [-0.25, -0.2) is 4.79 Å². The quantitative estimate of drug-likeness (QED) is 0.660. The summed E-state index contributed by atoms with van der Waals surface area (Å²) in [6, 6.07) is 1.13. The Kier molecular flexibility index (Phi) is 3.96. The fraction of sp³-hybridized carbons (Fsp3) is 0.500. The zero-order chi connectivity index (χ0) is 14.2. The number of hydrogen-bond acceptors (Lipinski definition) is 5. The van der Waals surface area contributed by atoms with E-state index in [0.29, 0.717) is 12.1 Å². The first-order valence-corrected chi connectivity index (χ1v) is 6.63. The summed E-state index contributed by atoms with van der Waals surface area (Å²) in [5.41, 5.74) is 0.316. The lowest BCUT2D eigenvalue weighted by atomic mass is 10.2. The van der Waals surface area contributed by atoms with Gasteiger partial charge in [0.25, 0.3) is 0 Å². The number of carbonyl (C=O) groups excluding carboxylic acids is 1. The Bertz CT molecular complexity index is 568. The third-order valence-electron chi connectivity index (χ3n) is 3.20. The summed E-state index contributed by atoms with van der Waals surface area (Å²) >= 11 is 3.44. The van der Waals surface area contributed by atoms with Crippen LogP contribution < -0.4 is 10.2 Å². The van der Waals surface area contributed by atoms with Crippen LogP contribution in [-0.4, -0.2) is 36.5 Å². The van der Waals surface area contributed by atoms with Crippen LogP contribution in [0.15, 0.2) is 10.9 Å². The van der Waals surface area contributed by atoms with Gasteiger partial charge in [0.15, 0.2) is 11.4 Å². The molecule has 6 nitrogen and oxygen atoms in total. The molecule has 1 aliphatic rings. The zero-order valence-electron chi connectivity index (χ0n) is 10.6. The number of fused-ring (bicyclic) bond motifs is 1. The van der Waals surface area contributed by atoms with E-state index in [1.807, 2.05) is 0 Å². The normalized spacial score (nSPS) is 21.1. The summed E-state index contributed by atoms with van der Waals surface area (Å²) in [6.45, 7) is -0.134. The van der Waals surface area contributed by atoms with Gasteiger partial charge >= 0.3 is 5.97 Å². The molecule has 2 heterocycles. The fourth-order valence-electron chi connectivity index (χ4n) is 2.37. The number of aromatic nitrogens is 1. The maximum absolute atomic E-state index is 12.0. The Labute approximate surface area is 118 Å². The van der Waals surface area contributed by atoms with Gasteiger partial charge in [-0.05, 0) is 6.42 Å². The largest absolute Gasteiger partial charge is 0.491 e. The summed E-state index contributed by atoms with van der Waals surface area (Å²) < 4.78 is 11.3. The molecule has 1 aromatic rings. The SMILES string of the molecule is COC(=O)c1c(OC)c(=O)cc2n1[C@H](CO)CC2Br. The molecule has 7 heteroatoms. The van der Waals surface area contributed by atoms with Crippen LogP contribution in [0.1, 0.15) is 33.5 Å². The first kappa shape index (κ1) is 14.1. The second-order valence-corrected chi connectivity index (χ2v) is 5.32. The van der Waals surface area contributed by atoms with Gasteiger partial charge in [-0.3, -0.25) is 4.79 Å². The van der Waals surface area contributed by atoms with Crippen molar-refractivity contribution in [2.45, 2.75) is 17.3 Å². The zero-order valence-corrected chi connectivity index (χ0v) is 12.1. The number of alkyl halides is 1. The Morgan fingerprint density at radius 2 is 2.26 bits per heavy atom. The Morgan fingerprint density at radius 1 is 1.58 bits per heavy atom. The molecule has 0 aromatic carbocycles. The van der Waals surface area contributed by atoms with E-state index in [9.17, 15) is 14.7 Å². The van der Waals surface area contributed by atoms with E-state index in [1.54, 1.807) is 4.57 Å². The van der Waals surface area contributed by atoms with Gasteiger partial charge in [0.05, 0.1) is 31.7 Å². The van der Waals surface area contributed by atoms with Crippen LogP contribution in [0.25, 0.3) is 0 Å². The third kappa shape index (κ3) is 2.17. The number of hydrogen-bond donors (Lipinski definition) is 1.